The third-order valence-electron chi connectivity index (χ3n) is 2.05. The van der Waals surface area contributed by atoms with E-state index in [0.717, 1.165) is 17.9 Å². The molecule has 0 radical (unpaired) electrons. The molecule has 0 saturated carbocycles. The van der Waals surface area contributed by atoms with Gasteiger partial charge in [0.1, 0.15) is 5.82 Å². The molecule has 0 aliphatic heterocycles. The standard InChI is InChI=1S/C11H11ClN2/c12-7-11-13-8-10(14-11)6-9-4-2-1-3-5-9/h1-5,8H,6-7H2,(H,13,14). The quantitative estimate of drug-likeness (QED) is 0.769. The minimum atomic E-state index is 0.439. The Hall–Kier alpha value is -1.28. The molecule has 1 heterocycles. The largest absolute Gasteiger partial charge is 0.345 e. The number of imidazole rings is 1. The SMILES string of the molecule is ClCc1ncc(Cc2ccccc2)[nH]1. The molecule has 2 aromatic rings. The molecule has 0 spiro atoms. The first-order valence-corrected chi connectivity index (χ1v) is 5.04. The Morgan fingerprint density at radius 2 is 2.00 bits per heavy atom. The van der Waals surface area contributed by atoms with Crippen LogP contribution in [0.2, 0.25) is 0 Å². The minimum absolute atomic E-state index is 0.439. The van der Waals surface area contributed by atoms with E-state index in [-0.39, 0.29) is 0 Å². The van der Waals surface area contributed by atoms with Crippen LogP contribution in [0.4, 0.5) is 0 Å². The van der Waals surface area contributed by atoms with E-state index < -0.39 is 0 Å². The summed E-state index contributed by atoms with van der Waals surface area (Å²) in [5.74, 6) is 1.27. The molecule has 0 unspecified atom stereocenters. The van der Waals surface area contributed by atoms with Gasteiger partial charge in [-0.25, -0.2) is 4.98 Å². The van der Waals surface area contributed by atoms with E-state index in [1.807, 2.05) is 24.4 Å². The van der Waals surface area contributed by atoms with Gasteiger partial charge in [0, 0.05) is 18.3 Å². The lowest BCUT2D eigenvalue weighted by atomic mass is 10.1. The molecule has 1 aromatic carbocycles. The van der Waals surface area contributed by atoms with E-state index in [4.69, 9.17) is 11.6 Å². The van der Waals surface area contributed by atoms with Crippen LogP contribution in [0, 0.1) is 0 Å². The van der Waals surface area contributed by atoms with Crippen molar-refractivity contribution in [1.29, 1.82) is 0 Å². The molecule has 72 valence electrons. The van der Waals surface area contributed by atoms with E-state index >= 15 is 0 Å². The molecular weight excluding hydrogens is 196 g/mol. The number of hydrogen-bond acceptors (Lipinski definition) is 1. The highest BCUT2D eigenvalue weighted by Gasteiger charge is 1.99. The summed E-state index contributed by atoms with van der Waals surface area (Å²) >= 11 is 5.65. The zero-order valence-electron chi connectivity index (χ0n) is 7.70. The van der Waals surface area contributed by atoms with Crippen LogP contribution in [0.15, 0.2) is 36.5 Å². The van der Waals surface area contributed by atoms with Crippen molar-refractivity contribution in [3.05, 3.63) is 53.6 Å². The number of hydrogen-bond donors (Lipinski definition) is 1. The van der Waals surface area contributed by atoms with Crippen LogP contribution in [0.1, 0.15) is 17.1 Å². The fourth-order valence-electron chi connectivity index (χ4n) is 1.38. The van der Waals surface area contributed by atoms with E-state index in [0.29, 0.717) is 5.88 Å². The molecule has 3 heteroatoms. The number of nitrogens with zero attached hydrogens (tertiary/aromatic N) is 1. The third kappa shape index (κ3) is 2.15. The number of benzene rings is 1. The van der Waals surface area contributed by atoms with Gasteiger partial charge in [-0.15, -0.1) is 11.6 Å². The Morgan fingerprint density at radius 3 is 2.64 bits per heavy atom. The molecule has 14 heavy (non-hydrogen) atoms. The summed E-state index contributed by atoms with van der Waals surface area (Å²) in [7, 11) is 0. The monoisotopic (exact) mass is 206 g/mol. The summed E-state index contributed by atoms with van der Waals surface area (Å²) in [4.78, 5) is 7.31. The maximum atomic E-state index is 5.65. The summed E-state index contributed by atoms with van der Waals surface area (Å²) < 4.78 is 0. The highest BCUT2D eigenvalue weighted by Crippen LogP contribution is 2.07. The zero-order chi connectivity index (χ0) is 9.80. The molecule has 2 nitrogen and oxygen atoms in total. The van der Waals surface area contributed by atoms with Crippen LogP contribution < -0.4 is 0 Å². The zero-order valence-corrected chi connectivity index (χ0v) is 8.46. The lowest BCUT2D eigenvalue weighted by molar-refractivity contribution is 1.06. The first-order chi connectivity index (χ1) is 6.88. The van der Waals surface area contributed by atoms with Crippen molar-refractivity contribution in [3.63, 3.8) is 0 Å². The van der Waals surface area contributed by atoms with Gasteiger partial charge in [0.2, 0.25) is 0 Å². The van der Waals surface area contributed by atoms with Gasteiger partial charge in [-0.3, -0.25) is 0 Å². The van der Waals surface area contributed by atoms with Gasteiger partial charge >= 0.3 is 0 Å². The summed E-state index contributed by atoms with van der Waals surface area (Å²) in [5, 5.41) is 0. The molecule has 0 aliphatic rings. The summed E-state index contributed by atoms with van der Waals surface area (Å²) in [5.41, 5.74) is 2.38. The number of alkyl halides is 1. The molecule has 1 N–H and O–H groups in total. The van der Waals surface area contributed by atoms with Crippen molar-refractivity contribution in [2.75, 3.05) is 0 Å². The molecule has 0 amide bonds. The van der Waals surface area contributed by atoms with Gasteiger partial charge in [0.05, 0.1) is 5.88 Å². The topological polar surface area (TPSA) is 28.7 Å². The van der Waals surface area contributed by atoms with Crippen molar-refractivity contribution in [1.82, 2.24) is 9.97 Å². The van der Waals surface area contributed by atoms with Crippen LogP contribution >= 0.6 is 11.6 Å². The van der Waals surface area contributed by atoms with E-state index in [2.05, 4.69) is 22.1 Å². The second kappa shape index (κ2) is 4.29. The summed E-state index contributed by atoms with van der Waals surface area (Å²) in [6.45, 7) is 0. The number of aromatic amines is 1. The molecule has 0 atom stereocenters. The van der Waals surface area contributed by atoms with E-state index in [1.54, 1.807) is 0 Å². The molecule has 0 fully saturated rings. The third-order valence-corrected chi connectivity index (χ3v) is 2.30. The predicted octanol–water partition coefficient (Wildman–Crippen LogP) is 2.74. The van der Waals surface area contributed by atoms with Gasteiger partial charge in [0.25, 0.3) is 0 Å². The highest BCUT2D eigenvalue weighted by molar-refractivity contribution is 6.16. The Balaban J connectivity index is 2.11. The van der Waals surface area contributed by atoms with Gasteiger partial charge in [-0.05, 0) is 5.56 Å². The van der Waals surface area contributed by atoms with Crippen LogP contribution in [0.25, 0.3) is 0 Å². The van der Waals surface area contributed by atoms with Gasteiger partial charge < -0.3 is 4.98 Å². The van der Waals surface area contributed by atoms with Gasteiger partial charge in [-0.1, -0.05) is 30.3 Å². The summed E-state index contributed by atoms with van der Waals surface area (Å²) in [6, 6.07) is 10.3. The van der Waals surface area contributed by atoms with Crippen molar-refractivity contribution in [2.45, 2.75) is 12.3 Å². The van der Waals surface area contributed by atoms with Crippen molar-refractivity contribution in [3.8, 4) is 0 Å². The van der Waals surface area contributed by atoms with Crippen molar-refractivity contribution >= 4 is 11.6 Å². The first-order valence-electron chi connectivity index (χ1n) is 4.51. The average Bonchev–Trinajstić information content (AvgIpc) is 2.67. The Bertz CT molecular complexity index is 395. The fourth-order valence-corrected chi connectivity index (χ4v) is 1.52. The maximum Gasteiger partial charge on any atom is 0.121 e. The van der Waals surface area contributed by atoms with E-state index in [1.165, 1.54) is 5.56 Å². The molecule has 0 aliphatic carbocycles. The molecule has 0 saturated heterocycles. The Kier molecular flexibility index (Phi) is 2.84. The normalized spacial score (nSPS) is 10.4. The summed E-state index contributed by atoms with van der Waals surface area (Å²) in [6.07, 6.45) is 2.72. The number of aromatic nitrogens is 2. The molecule has 1 aromatic heterocycles. The lowest BCUT2D eigenvalue weighted by Crippen LogP contribution is -1.88. The second-order valence-electron chi connectivity index (χ2n) is 3.15. The van der Waals surface area contributed by atoms with Gasteiger partial charge in [-0.2, -0.15) is 0 Å². The first kappa shape index (κ1) is 9.28. The number of halogens is 1. The highest BCUT2D eigenvalue weighted by atomic mass is 35.5. The second-order valence-corrected chi connectivity index (χ2v) is 3.42. The van der Waals surface area contributed by atoms with Gasteiger partial charge in [0.15, 0.2) is 0 Å². The van der Waals surface area contributed by atoms with Crippen LogP contribution in [-0.4, -0.2) is 9.97 Å². The number of nitrogens with one attached hydrogen (secondary N) is 1. The molecule has 0 bridgehead atoms. The van der Waals surface area contributed by atoms with E-state index in [9.17, 15) is 0 Å². The number of H-pyrrole nitrogens is 1. The molecular formula is C11H11ClN2. The molecule has 2 rings (SSSR count). The van der Waals surface area contributed by atoms with Crippen LogP contribution in [0.3, 0.4) is 0 Å². The minimum Gasteiger partial charge on any atom is -0.345 e. The van der Waals surface area contributed by atoms with Crippen molar-refractivity contribution in [2.24, 2.45) is 0 Å². The average molecular weight is 207 g/mol. The fraction of sp³-hybridized carbons (Fsp3) is 0.182. The Morgan fingerprint density at radius 1 is 1.21 bits per heavy atom. The van der Waals surface area contributed by atoms with Crippen molar-refractivity contribution < 1.29 is 0 Å². The van der Waals surface area contributed by atoms with Crippen LogP contribution in [0.5, 0.6) is 0 Å². The lowest BCUT2D eigenvalue weighted by Gasteiger charge is -1.96. The van der Waals surface area contributed by atoms with Crippen LogP contribution in [-0.2, 0) is 12.3 Å². The number of rotatable bonds is 3. The Labute approximate surface area is 88.0 Å². The maximum absolute atomic E-state index is 5.65. The predicted molar refractivity (Wildman–Crippen MR) is 57.4 cm³/mol. The smallest absolute Gasteiger partial charge is 0.121 e.